The van der Waals surface area contributed by atoms with Crippen LogP contribution < -0.4 is 10.5 Å². The van der Waals surface area contributed by atoms with Gasteiger partial charge in [-0.05, 0) is 26.8 Å². The van der Waals surface area contributed by atoms with E-state index in [-0.39, 0.29) is 6.10 Å². The molecule has 4 aromatic rings. The van der Waals surface area contributed by atoms with Crippen molar-refractivity contribution in [2.75, 3.05) is 5.73 Å². The van der Waals surface area contributed by atoms with Crippen LogP contribution in [0.3, 0.4) is 0 Å². The lowest BCUT2D eigenvalue weighted by Crippen LogP contribution is -2.09. The summed E-state index contributed by atoms with van der Waals surface area (Å²) < 4.78 is 14.4. The lowest BCUT2D eigenvalue weighted by Gasteiger charge is -2.21. The van der Waals surface area contributed by atoms with Gasteiger partial charge in [0.2, 0.25) is 0 Å². The maximum Gasteiger partial charge on any atom is 0.191 e. The average molecular weight is 415 g/mol. The zero-order valence-electron chi connectivity index (χ0n) is 18.1. The first-order valence-electron chi connectivity index (χ1n) is 10.5. The Labute approximate surface area is 180 Å². The molecular formula is C24H25N5O2. The molecule has 0 radical (unpaired) electrons. The van der Waals surface area contributed by atoms with E-state index in [1.54, 1.807) is 6.20 Å². The molecule has 0 saturated carbocycles. The highest BCUT2D eigenvalue weighted by Crippen LogP contribution is 2.38. The van der Waals surface area contributed by atoms with Crippen LogP contribution in [0, 0.1) is 13.8 Å². The number of pyridine rings is 1. The molecule has 3 aromatic heterocycles. The van der Waals surface area contributed by atoms with E-state index in [1.807, 2.05) is 30.8 Å². The molecule has 1 aromatic carbocycles. The Morgan fingerprint density at radius 3 is 2.84 bits per heavy atom. The van der Waals surface area contributed by atoms with E-state index in [0.717, 1.165) is 51.5 Å². The number of nitrogen functional groups attached to an aromatic ring is 1. The molecule has 5 rings (SSSR count). The molecule has 1 aliphatic heterocycles. The van der Waals surface area contributed by atoms with Crippen molar-refractivity contribution in [1.29, 1.82) is 0 Å². The third-order valence-electron chi connectivity index (χ3n) is 5.73. The monoisotopic (exact) mass is 415 g/mol. The molecule has 158 valence electrons. The maximum atomic E-state index is 6.35. The van der Waals surface area contributed by atoms with E-state index >= 15 is 0 Å². The van der Waals surface area contributed by atoms with Crippen LogP contribution >= 0.6 is 0 Å². The van der Waals surface area contributed by atoms with Crippen LogP contribution in [0.25, 0.3) is 22.5 Å². The number of hydrogen-bond acceptors (Lipinski definition) is 6. The van der Waals surface area contributed by atoms with Crippen LogP contribution in [0.2, 0.25) is 0 Å². The number of aromatic nitrogens is 4. The Morgan fingerprint density at radius 2 is 2.03 bits per heavy atom. The van der Waals surface area contributed by atoms with Gasteiger partial charge in [0.25, 0.3) is 0 Å². The van der Waals surface area contributed by atoms with E-state index in [4.69, 9.17) is 19.9 Å². The molecule has 1 atom stereocenters. The number of hydrogen-bond donors (Lipinski definition) is 1. The smallest absolute Gasteiger partial charge is 0.191 e. The van der Waals surface area contributed by atoms with Crippen molar-refractivity contribution < 1.29 is 9.15 Å². The summed E-state index contributed by atoms with van der Waals surface area (Å²) in [6.07, 6.45) is 3.99. The Kier molecular flexibility index (Phi) is 4.54. The fourth-order valence-electron chi connectivity index (χ4n) is 4.27. The van der Waals surface area contributed by atoms with Crippen LogP contribution in [-0.2, 0) is 13.0 Å². The van der Waals surface area contributed by atoms with Crippen molar-refractivity contribution in [3.63, 3.8) is 0 Å². The van der Waals surface area contributed by atoms with Crippen LogP contribution in [0.15, 0.2) is 41.1 Å². The molecule has 0 aliphatic carbocycles. The SMILES string of the molecule is CCn1ncc2c1-c1cnc(N)c(c1)OC(C)c1cc(C)ccc1-c1nc(C)oc1C2. The van der Waals surface area contributed by atoms with Gasteiger partial charge in [0.05, 0.1) is 11.9 Å². The lowest BCUT2D eigenvalue weighted by atomic mass is 9.95. The highest BCUT2D eigenvalue weighted by Gasteiger charge is 2.25. The highest BCUT2D eigenvalue weighted by molar-refractivity contribution is 5.71. The minimum absolute atomic E-state index is 0.255. The highest BCUT2D eigenvalue weighted by atomic mass is 16.5. The normalized spacial score (nSPS) is 15.2. The number of nitrogens with zero attached hydrogens (tertiary/aromatic N) is 4. The number of anilines is 1. The number of aryl methyl sites for hydroxylation is 3. The lowest BCUT2D eigenvalue weighted by molar-refractivity contribution is 0.228. The fourth-order valence-corrected chi connectivity index (χ4v) is 4.27. The van der Waals surface area contributed by atoms with Crippen molar-refractivity contribution in [2.24, 2.45) is 0 Å². The quantitative estimate of drug-likeness (QED) is 0.477. The zero-order valence-corrected chi connectivity index (χ0v) is 18.1. The van der Waals surface area contributed by atoms with E-state index in [1.165, 1.54) is 0 Å². The minimum Gasteiger partial charge on any atom is -0.482 e. The van der Waals surface area contributed by atoms with Crippen LogP contribution in [-0.4, -0.2) is 19.7 Å². The largest absolute Gasteiger partial charge is 0.482 e. The Morgan fingerprint density at radius 1 is 1.19 bits per heavy atom. The first-order chi connectivity index (χ1) is 14.9. The summed E-state index contributed by atoms with van der Waals surface area (Å²) in [5, 5.41) is 4.59. The molecule has 4 heterocycles. The second-order valence-corrected chi connectivity index (χ2v) is 7.97. The number of benzene rings is 1. The van der Waals surface area contributed by atoms with Gasteiger partial charge in [-0.15, -0.1) is 0 Å². The predicted molar refractivity (Wildman–Crippen MR) is 119 cm³/mol. The summed E-state index contributed by atoms with van der Waals surface area (Å²) in [5.41, 5.74) is 13.1. The van der Waals surface area contributed by atoms with Gasteiger partial charge in [0.15, 0.2) is 17.5 Å². The molecule has 7 nitrogen and oxygen atoms in total. The predicted octanol–water partition coefficient (Wildman–Crippen LogP) is 4.86. The van der Waals surface area contributed by atoms with Crippen molar-refractivity contribution in [1.82, 2.24) is 19.7 Å². The number of rotatable bonds is 1. The van der Waals surface area contributed by atoms with Crippen LogP contribution in [0.4, 0.5) is 5.82 Å². The summed E-state index contributed by atoms with van der Waals surface area (Å²) in [7, 11) is 0. The molecule has 7 heteroatoms. The third-order valence-corrected chi connectivity index (χ3v) is 5.73. The molecule has 0 amide bonds. The third kappa shape index (κ3) is 3.26. The molecule has 2 bridgehead atoms. The molecule has 31 heavy (non-hydrogen) atoms. The number of nitrogens with two attached hydrogens (primary N) is 1. The molecule has 2 N–H and O–H groups in total. The standard InChI is InChI=1S/C24H25N5O2/c1-5-29-23-16-10-21(24(25)26-11-16)30-14(3)19-8-13(2)6-7-18(19)22-20(31-15(4)28-22)9-17(23)12-27-29/h6-8,10-12,14H,5,9H2,1-4H3,(H2,25,26). The Hall–Kier alpha value is -3.61. The number of ether oxygens (including phenoxy) is 1. The zero-order chi connectivity index (χ0) is 21.7. The van der Waals surface area contributed by atoms with Crippen LogP contribution in [0.1, 0.15) is 48.3 Å². The van der Waals surface area contributed by atoms with Gasteiger partial charge < -0.3 is 14.9 Å². The van der Waals surface area contributed by atoms with E-state index in [0.29, 0.717) is 23.9 Å². The fraction of sp³-hybridized carbons (Fsp3) is 0.292. The molecule has 1 unspecified atom stereocenters. The van der Waals surface area contributed by atoms with Gasteiger partial charge in [-0.2, -0.15) is 5.10 Å². The topological polar surface area (TPSA) is 92.0 Å². The molecule has 0 saturated heterocycles. The molecule has 1 aliphatic rings. The Balaban J connectivity index is 1.81. The van der Waals surface area contributed by atoms with Gasteiger partial charge in [0, 0.05) is 48.3 Å². The molecule has 0 spiro atoms. The maximum absolute atomic E-state index is 6.35. The second-order valence-electron chi connectivity index (χ2n) is 7.97. The van der Waals surface area contributed by atoms with Crippen molar-refractivity contribution in [2.45, 2.75) is 46.8 Å². The van der Waals surface area contributed by atoms with Gasteiger partial charge >= 0.3 is 0 Å². The molecular weight excluding hydrogens is 390 g/mol. The van der Waals surface area contributed by atoms with Gasteiger partial charge in [-0.3, -0.25) is 4.68 Å². The summed E-state index contributed by atoms with van der Waals surface area (Å²) in [4.78, 5) is 9.16. The van der Waals surface area contributed by atoms with E-state index in [2.05, 4.69) is 42.1 Å². The summed E-state index contributed by atoms with van der Waals surface area (Å²) in [6, 6.07) is 8.26. The first kappa shape index (κ1) is 19.4. The summed E-state index contributed by atoms with van der Waals surface area (Å²) in [5.74, 6) is 2.38. The number of oxazole rings is 1. The van der Waals surface area contributed by atoms with Crippen LogP contribution in [0.5, 0.6) is 5.75 Å². The minimum atomic E-state index is -0.255. The summed E-state index contributed by atoms with van der Waals surface area (Å²) in [6.45, 7) is 8.76. The van der Waals surface area contributed by atoms with Crippen molar-refractivity contribution in [3.8, 4) is 28.3 Å². The molecule has 0 fully saturated rings. The van der Waals surface area contributed by atoms with Crippen molar-refractivity contribution >= 4 is 5.82 Å². The van der Waals surface area contributed by atoms with E-state index < -0.39 is 0 Å². The number of fused-ring (bicyclic) bond motifs is 7. The van der Waals surface area contributed by atoms with E-state index in [9.17, 15) is 0 Å². The summed E-state index contributed by atoms with van der Waals surface area (Å²) >= 11 is 0. The Bertz CT molecular complexity index is 1290. The van der Waals surface area contributed by atoms with Crippen molar-refractivity contribution in [3.05, 3.63) is 65.0 Å². The van der Waals surface area contributed by atoms with Gasteiger partial charge in [-0.25, -0.2) is 9.97 Å². The average Bonchev–Trinajstić information content (AvgIpc) is 3.32. The van der Waals surface area contributed by atoms with Gasteiger partial charge in [0.1, 0.15) is 17.6 Å². The first-order valence-corrected chi connectivity index (χ1v) is 10.5. The second kappa shape index (κ2) is 7.27. The van der Waals surface area contributed by atoms with Gasteiger partial charge in [-0.1, -0.05) is 23.8 Å².